The number of esters is 1. The first-order chi connectivity index (χ1) is 8.65. The third kappa shape index (κ3) is 2.80. The average Bonchev–Trinajstić information content (AvgIpc) is 2.27. The molecule has 12 heteroatoms. The lowest BCUT2D eigenvalue weighted by atomic mass is 9.94. The van der Waals surface area contributed by atoms with Gasteiger partial charge in [-0.1, -0.05) is 0 Å². The molecule has 0 fully saturated rings. The van der Waals surface area contributed by atoms with Crippen LogP contribution in [0, 0.1) is 0 Å². The second kappa shape index (κ2) is 5.31. The lowest BCUT2D eigenvalue weighted by molar-refractivity contribution is -0.411. The van der Waals surface area contributed by atoms with Crippen molar-refractivity contribution in [2.75, 3.05) is 7.11 Å². The summed E-state index contributed by atoms with van der Waals surface area (Å²) in [5.41, 5.74) is 0. The molecule has 0 saturated heterocycles. The van der Waals surface area contributed by atoms with E-state index in [0.29, 0.717) is 7.11 Å². The molecule has 0 atom stereocenters. The normalized spacial score (nSPS) is 14.6. The first-order valence-electron chi connectivity index (χ1n) is 4.58. The number of ether oxygens (including phenoxy) is 1. The van der Waals surface area contributed by atoms with Gasteiger partial charge in [-0.15, -0.1) is 0 Å². The SMILES string of the molecule is COC(=O)CC(O)(O)C(F)(F)C(F)(F)C(F)(F)C(F)F. The van der Waals surface area contributed by atoms with Gasteiger partial charge in [0.05, 0.1) is 7.11 Å². The van der Waals surface area contributed by atoms with Crippen LogP contribution in [0.3, 0.4) is 0 Å². The Balaban J connectivity index is 5.65. The van der Waals surface area contributed by atoms with Crippen molar-refractivity contribution in [3.05, 3.63) is 0 Å². The fourth-order valence-corrected chi connectivity index (χ4v) is 0.982. The minimum absolute atomic E-state index is 0.544. The Morgan fingerprint density at radius 3 is 1.75 bits per heavy atom. The minimum Gasteiger partial charge on any atom is -0.469 e. The molecule has 0 amide bonds. The standard InChI is InChI=1S/C8H8F8O4/c1-20-3(17)2-5(18,19)7(13,14)8(15,16)6(11,12)4(9)10/h4,18-19H,2H2,1H3. The van der Waals surface area contributed by atoms with E-state index >= 15 is 0 Å². The Kier molecular flexibility index (Phi) is 5.00. The van der Waals surface area contributed by atoms with Gasteiger partial charge in [-0.25, -0.2) is 8.78 Å². The molecule has 20 heavy (non-hydrogen) atoms. The fourth-order valence-electron chi connectivity index (χ4n) is 0.982. The zero-order valence-corrected chi connectivity index (χ0v) is 9.52. The van der Waals surface area contributed by atoms with E-state index in [2.05, 4.69) is 4.74 Å². The maximum atomic E-state index is 13.1. The molecule has 0 radical (unpaired) electrons. The first-order valence-corrected chi connectivity index (χ1v) is 4.58. The highest BCUT2D eigenvalue weighted by Crippen LogP contribution is 2.52. The highest BCUT2D eigenvalue weighted by molar-refractivity contribution is 5.70. The van der Waals surface area contributed by atoms with Crippen molar-refractivity contribution in [2.45, 2.75) is 36.4 Å². The van der Waals surface area contributed by atoms with Gasteiger partial charge < -0.3 is 14.9 Å². The Morgan fingerprint density at radius 1 is 1.05 bits per heavy atom. The molecule has 4 nitrogen and oxygen atoms in total. The fraction of sp³-hybridized carbons (Fsp3) is 0.875. The highest BCUT2D eigenvalue weighted by Gasteiger charge is 2.81. The minimum atomic E-state index is -6.84. The average molecular weight is 320 g/mol. The van der Waals surface area contributed by atoms with Crippen LogP contribution < -0.4 is 0 Å². The van der Waals surface area contributed by atoms with E-state index in [1.807, 2.05) is 0 Å². The first kappa shape index (κ1) is 18.8. The topological polar surface area (TPSA) is 66.8 Å². The third-order valence-corrected chi connectivity index (χ3v) is 2.21. The molecule has 0 aliphatic heterocycles. The van der Waals surface area contributed by atoms with Crippen molar-refractivity contribution in [3.8, 4) is 0 Å². The number of aliphatic hydroxyl groups is 2. The monoisotopic (exact) mass is 320 g/mol. The largest absolute Gasteiger partial charge is 0.469 e. The summed E-state index contributed by atoms with van der Waals surface area (Å²) in [5.74, 6) is -26.8. The number of carbonyl (C=O) groups excluding carboxylic acids is 1. The summed E-state index contributed by atoms with van der Waals surface area (Å²) in [6.07, 6.45) is -7.46. The van der Waals surface area contributed by atoms with Gasteiger partial charge in [-0.05, 0) is 0 Å². The number of carbonyl (C=O) groups is 1. The van der Waals surface area contributed by atoms with Gasteiger partial charge in [0.1, 0.15) is 6.42 Å². The summed E-state index contributed by atoms with van der Waals surface area (Å²) in [6, 6.07) is 0. The van der Waals surface area contributed by atoms with Crippen LogP contribution in [-0.4, -0.2) is 53.3 Å². The van der Waals surface area contributed by atoms with E-state index in [-0.39, 0.29) is 0 Å². The highest BCUT2D eigenvalue weighted by atomic mass is 19.4. The van der Waals surface area contributed by atoms with E-state index < -0.39 is 42.4 Å². The molecule has 2 N–H and O–H groups in total. The van der Waals surface area contributed by atoms with Crippen molar-refractivity contribution in [1.82, 2.24) is 0 Å². The van der Waals surface area contributed by atoms with E-state index in [0.717, 1.165) is 0 Å². The molecule has 0 aromatic carbocycles. The molecule has 0 spiro atoms. The van der Waals surface area contributed by atoms with Crippen molar-refractivity contribution in [2.24, 2.45) is 0 Å². The van der Waals surface area contributed by atoms with Gasteiger partial charge in [0.15, 0.2) is 0 Å². The number of halogens is 8. The summed E-state index contributed by atoms with van der Waals surface area (Å²) in [5, 5.41) is 17.3. The zero-order chi connectivity index (χ0) is 16.6. The third-order valence-electron chi connectivity index (χ3n) is 2.21. The molecular formula is C8H8F8O4. The Hall–Kier alpha value is -1.17. The number of hydrogen-bond donors (Lipinski definition) is 2. The number of alkyl halides is 8. The van der Waals surface area contributed by atoms with Crippen LogP contribution in [0.5, 0.6) is 0 Å². The number of hydrogen-bond acceptors (Lipinski definition) is 4. The molecule has 0 unspecified atom stereocenters. The van der Waals surface area contributed by atoms with Crippen molar-refractivity contribution < 1.29 is 54.9 Å². The molecule has 0 aromatic rings. The van der Waals surface area contributed by atoms with Gasteiger partial charge >= 0.3 is 30.2 Å². The summed E-state index contributed by atoms with van der Waals surface area (Å²) >= 11 is 0. The number of rotatable bonds is 6. The molecule has 0 aliphatic carbocycles. The van der Waals surface area contributed by atoms with Crippen molar-refractivity contribution in [3.63, 3.8) is 0 Å². The predicted octanol–water partition coefficient (Wildman–Crippen LogP) is 1.40. The molecule has 0 heterocycles. The van der Waals surface area contributed by atoms with Crippen molar-refractivity contribution >= 4 is 5.97 Å². The second-order valence-electron chi connectivity index (χ2n) is 3.64. The van der Waals surface area contributed by atoms with E-state index in [1.54, 1.807) is 0 Å². The van der Waals surface area contributed by atoms with Gasteiger partial charge in [0, 0.05) is 0 Å². The zero-order valence-electron chi connectivity index (χ0n) is 9.52. The molecule has 0 rings (SSSR count). The van der Waals surface area contributed by atoms with Crippen molar-refractivity contribution in [1.29, 1.82) is 0 Å². The molecular weight excluding hydrogens is 312 g/mol. The molecule has 0 bridgehead atoms. The summed E-state index contributed by atoms with van der Waals surface area (Å²) in [4.78, 5) is 10.5. The summed E-state index contributed by atoms with van der Waals surface area (Å²) in [7, 11) is 0.544. The molecule has 120 valence electrons. The lowest BCUT2D eigenvalue weighted by Crippen LogP contribution is -2.67. The van der Waals surface area contributed by atoms with Crippen LogP contribution in [0.15, 0.2) is 0 Å². The second-order valence-corrected chi connectivity index (χ2v) is 3.64. The van der Waals surface area contributed by atoms with E-state index in [1.165, 1.54) is 0 Å². The smallest absolute Gasteiger partial charge is 0.383 e. The maximum Gasteiger partial charge on any atom is 0.383 e. The predicted molar refractivity (Wildman–Crippen MR) is 44.6 cm³/mol. The molecule has 0 aromatic heterocycles. The van der Waals surface area contributed by atoms with Gasteiger partial charge in [-0.2, -0.15) is 26.3 Å². The van der Waals surface area contributed by atoms with Crippen LogP contribution in [0.4, 0.5) is 35.1 Å². The van der Waals surface area contributed by atoms with Crippen LogP contribution in [0.2, 0.25) is 0 Å². The maximum absolute atomic E-state index is 13.1. The summed E-state index contributed by atoms with van der Waals surface area (Å²) < 4.78 is 104. The van der Waals surface area contributed by atoms with Gasteiger partial charge in [0.2, 0.25) is 5.79 Å². The Morgan fingerprint density at radius 2 is 1.45 bits per heavy atom. The number of methoxy groups -OCH3 is 1. The van der Waals surface area contributed by atoms with Crippen LogP contribution in [0.25, 0.3) is 0 Å². The van der Waals surface area contributed by atoms with Gasteiger partial charge in [0.25, 0.3) is 0 Å². The Bertz CT molecular complexity index is 367. The molecule has 0 aliphatic rings. The van der Waals surface area contributed by atoms with E-state index in [9.17, 15) is 39.9 Å². The van der Waals surface area contributed by atoms with Gasteiger partial charge in [-0.3, -0.25) is 4.79 Å². The van der Waals surface area contributed by atoms with Crippen LogP contribution >= 0.6 is 0 Å². The Labute approximate surface area is 105 Å². The summed E-state index contributed by atoms with van der Waals surface area (Å²) in [6.45, 7) is 0. The quantitative estimate of drug-likeness (QED) is 0.441. The van der Waals surface area contributed by atoms with Crippen LogP contribution in [-0.2, 0) is 9.53 Å². The lowest BCUT2D eigenvalue weighted by Gasteiger charge is -2.38. The van der Waals surface area contributed by atoms with Crippen LogP contribution in [0.1, 0.15) is 6.42 Å². The van der Waals surface area contributed by atoms with E-state index in [4.69, 9.17) is 10.2 Å². The molecule has 0 saturated carbocycles.